The van der Waals surface area contributed by atoms with Gasteiger partial charge in [-0.2, -0.15) is 0 Å². The molecule has 1 fully saturated rings. The number of hydrogen-bond donors (Lipinski definition) is 2. The second kappa shape index (κ2) is 6.49. The van der Waals surface area contributed by atoms with Crippen LogP contribution in [0.5, 0.6) is 0 Å². The molecule has 1 aliphatic heterocycles. The van der Waals surface area contributed by atoms with E-state index in [1.807, 2.05) is 11.9 Å². The van der Waals surface area contributed by atoms with Crippen LogP contribution in [0.1, 0.15) is 13.3 Å². The minimum atomic E-state index is -0.705. The Labute approximate surface area is 123 Å². The molecule has 0 bridgehead atoms. The minimum Gasteiger partial charge on any atom is -0.325 e. The Balaban J connectivity index is 1.86. The van der Waals surface area contributed by atoms with Crippen LogP contribution < -0.4 is 10.6 Å². The van der Waals surface area contributed by atoms with Gasteiger partial charge in [0, 0.05) is 24.8 Å². The lowest BCUT2D eigenvalue weighted by atomic mass is 9.89. The molecule has 1 heterocycles. The molecule has 0 radical (unpaired) electrons. The Morgan fingerprint density at radius 2 is 2.05 bits per heavy atom. The average Bonchev–Trinajstić information content (AvgIpc) is 2.73. The van der Waals surface area contributed by atoms with Gasteiger partial charge < -0.3 is 10.6 Å². The van der Waals surface area contributed by atoms with E-state index in [1.54, 1.807) is 0 Å². The second-order valence-electron chi connectivity index (χ2n) is 6.12. The average molecular weight is 297 g/mol. The van der Waals surface area contributed by atoms with Crippen molar-refractivity contribution in [3.8, 4) is 0 Å². The molecule has 1 amide bonds. The lowest BCUT2D eigenvalue weighted by molar-refractivity contribution is -0.117. The first-order valence-corrected chi connectivity index (χ1v) is 7.02. The van der Waals surface area contributed by atoms with Crippen molar-refractivity contribution in [3.63, 3.8) is 0 Å². The molecule has 0 saturated carbocycles. The minimum absolute atomic E-state index is 0.139. The standard InChI is InChI=1S/C15H21F2N3O/c1-15(3-4-18-9-15)10-20(2)8-14(21)19-13-6-11(16)5-12(17)7-13/h5-7,18H,3-4,8-10H2,1-2H3,(H,19,21). The van der Waals surface area contributed by atoms with Crippen molar-refractivity contribution in [2.75, 3.05) is 38.5 Å². The quantitative estimate of drug-likeness (QED) is 0.871. The van der Waals surface area contributed by atoms with Gasteiger partial charge >= 0.3 is 0 Å². The number of benzene rings is 1. The van der Waals surface area contributed by atoms with E-state index in [2.05, 4.69) is 17.6 Å². The Morgan fingerprint density at radius 3 is 2.62 bits per heavy atom. The van der Waals surface area contributed by atoms with E-state index in [9.17, 15) is 13.6 Å². The van der Waals surface area contributed by atoms with Gasteiger partial charge in [-0.05, 0) is 37.6 Å². The number of hydrogen-bond acceptors (Lipinski definition) is 3. The van der Waals surface area contributed by atoms with Crippen molar-refractivity contribution in [2.45, 2.75) is 13.3 Å². The molecule has 1 aromatic carbocycles. The Bertz CT molecular complexity index is 495. The van der Waals surface area contributed by atoms with Gasteiger partial charge in [0.05, 0.1) is 6.54 Å². The number of likely N-dealkylation sites (N-methyl/N-ethyl adjacent to an activating group) is 1. The van der Waals surface area contributed by atoms with E-state index in [0.29, 0.717) is 0 Å². The summed E-state index contributed by atoms with van der Waals surface area (Å²) in [6.45, 7) is 5.11. The summed E-state index contributed by atoms with van der Waals surface area (Å²) in [7, 11) is 1.87. The summed E-state index contributed by atoms with van der Waals surface area (Å²) in [5, 5.41) is 5.83. The summed E-state index contributed by atoms with van der Waals surface area (Å²) in [6.07, 6.45) is 1.08. The molecule has 0 spiro atoms. The van der Waals surface area contributed by atoms with Crippen LogP contribution in [0.4, 0.5) is 14.5 Å². The number of nitrogens with one attached hydrogen (secondary N) is 2. The van der Waals surface area contributed by atoms with Crippen LogP contribution in [-0.2, 0) is 4.79 Å². The highest BCUT2D eigenvalue weighted by atomic mass is 19.1. The highest BCUT2D eigenvalue weighted by Crippen LogP contribution is 2.25. The maximum atomic E-state index is 13.1. The van der Waals surface area contributed by atoms with Crippen LogP contribution in [0, 0.1) is 17.0 Å². The summed E-state index contributed by atoms with van der Waals surface area (Å²) < 4.78 is 26.1. The lowest BCUT2D eigenvalue weighted by Crippen LogP contribution is -2.39. The molecule has 0 aromatic heterocycles. The smallest absolute Gasteiger partial charge is 0.238 e. The molecule has 1 aliphatic rings. The highest BCUT2D eigenvalue weighted by Gasteiger charge is 2.30. The topological polar surface area (TPSA) is 44.4 Å². The van der Waals surface area contributed by atoms with Crippen molar-refractivity contribution in [1.82, 2.24) is 10.2 Å². The van der Waals surface area contributed by atoms with Gasteiger partial charge in [0.25, 0.3) is 0 Å². The van der Waals surface area contributed by atoms with Gasteiger partial charge in [-0.1, -0.05) is 6.92 Å². The zero-order valence-corrected chi connectivity index (χ0v) is 12.4. The van der Waals surface area contributed by atoms with Crippen LogP contribution in [0.25, 0.3) is 0 Å². The molecule has 1 unspecified atom stereocenters. The maximum absolute atomic E-state index is 13.1. The van der Waals surface area contributed by atoms with E-state index in [0.717, 1.165) is 44.3 Å². The third-order valence-electron chi connectivity index (χ3n) is 3.67. The van der Waals surface area contributed by atoms with Crippen molar-refractivity contribution >= 4 is 11.6 Å². The number of nitrogens with zero attached hydrogens (tertiary/aromatic N) is 1. The molecule has 0 aliphatic carbocycles. The van der Waals surface area contributed by atoms with Crippen LogP contribution in [0.3, 0.4) is 0 Å². The molecule has 1 atom stereocenters. The van der Waals surface area contributed by atoms with Crippen LogP contribution >= 0.6 is 0 Å². The number of amides is 1. The lowest BCUT2D eigenvalue weighted by Gasteiger charge is -2.28. The van der Waals surface area contributed by atoms with Crippen molar-refractivity contribution in [1.29, 1.82) is 0 Å². The Morgan fingerprint density at radius 1 is 1.38 bits per heavy atom. The van der Waals surface area contributed by atoms with Gasteiger partial charge in [0.2, 0.25) is 5.91 Å². The first kappa shape index (κ1) is 15.9. The summed E-state index contributed by atoms with van der Waals surface area (Å²) in [4.78, 5) is 13.8. The Hall–Kier alpha value is -1.53. The molecule has 4 nitrogen and oxygen atoms in total. The molecule has 116 valence electrons. The van der Waals surface area contributed by atoms with Crippen LogP contribution in [0.15, 0.2) is 18.2 Å². The van der Waals surface area contributed by atoms with Crippen molar-refractivity contribution in [2.24, 2.45) is 5.41 Å². The second-order valence-corrected chi connectivity index (χ2v) is 6.12. The highest BCUT2D eigenvalue weighted by molar-refractivity contribution is 5.92. The first-order valence-electron chi connectivity index (χ1n) is 7.02. The molecule has 6 heteroatoms. The largest absolute Gasteiger partial charge is 0.325 e. The molecule has 2 rings (SSSR count). The third-order valence-corrected chi connectivity index (χ3v) is 3.67. The maximum Gasteiger partial charge on any atom is 0.238 e. The van der Waals surface area contributed by atoms with Gasteiger partial charge in [-0.3, -0.25) is 9.69 Å². The monoisotopic (exact) mass is 297 g/mol. The van der Waals surface area contributed by atoms with Crippen molar-refractivity contribution in [3.05, 3.63) is 29.8 Å². The van der Waals surface area contributed by atoms with Gasteiger partial charge in [-0.15, -0.1) is 0 Å². The number of anilines is 1. The summed E-state index contributed by atoms with van der Waals surface area (Å²) in [5.41, 5.74) is 0.305. The molecule has 1 saturated heterocycles. The molecule has 2 N–H and O–H groups in total. The molecular weight excluding hydrogens is 276 g/mol. The Kier molecular flexibility index (Phi) is 4.90. The summed E-state index contributed by atoms with van der Waals surface area (Å²) in [5.74, 6) is -1.69. The zero-order valence-electron chi connectivity index (χ0n) is 12.4. The van der Waals surface area contributed by atoms with Gasteiger partial charge in [0.1, 0.15) is 11.6 Å². The van der Waals surface area contributed by atoms with Gasteiger partial charge in [0.15, 0.2) is 0 Å². The normalized spacial score (nSPS) is 21.8. The number of carbonyl (C=O) groups excluding carboxylic acids is 1. The number of carbonyl (C=O) groups is 1. The van der Waals surface area contributed by atoms with Crippen molar-refractivity contribution < 1.29 is 13.6 Å². The van der Waals surface area contributed by atoms with E-state index in [1.165, 1.54) is 0 Å². The predicted molar refractivity (Wildman–Crippen MR) is 78.1 cm³/mol. The fraction of sp³-hybridized carbons (Fsp3) is 0.533. The first-order chi connectivity index (χ1) is 9.86. The predicted octanol–water partition coefficient (Wildman–Crippen LogP) is 1.83. The van der Waals surface area contributed by atoms with E-state index in [-0.39, 0.29) is 23.6 Å². The molecule has 21 heavy (non-hydrogen) atoms. The van der Waals surface area contributed by atoms with Crippen LogP contribution in [0.2, 0.25) is 0 Å². The number of halogens is 2. The van der Waals surface area contributed by atoms with E-state index < -0.39 is 11.6 Å². The molecular formula is C15H21F2N3O. The van der Waals surface area contributed by atoms with Gasteiger partial charge in [-0.25, -0.2) is 8.78 Å². The van der Waals surface area contributed by atoms with Crippen LogP contribution in [-0.4, -0.2) is 44.0 Å². The zero-order chi connectivity index (χ0) is 15.5. The molecule has 1 aromatic rings. The van der Waals surface area contributed by atoms with E-state index in [4.69, 9.17) is 0 Å². The third kappa shape index (κ3) is 4.75. The SMILES string of the molecule is CN(CC(=O)Nc1cc(F)cc(F)c1)CC1(C)CCNC1. The number of rotatable bonds is 5. The summed E-state index contributed by atoms with van der Waals surface area (Å²) in [6, 6.07) is 2.97. The van der Waals surface area contributed by atoms with E-state index >= 15 is 0 Å². The fourth-order valence-electron chi connectivity index (χ4n) is 2.78. The fourth-order valence-corrected chi connectivity index (χ4v) is 2.78. The summed E-state index contributed by atoms with van der Waals surface area (Å²) >= 11 is 0.